The van der Waals surface area contributed by atoms with Crippen LogP contribution in [0, 0.1) is 11.3 Å². The fourth-order valence-electron chi connectivity index (χ4n) is 3.25. The number of amides is 1. The number of H-pyrrole nitrogens is 1. The number of nitrogens with one attached hydrogen (secondary N) is 2. The van der Waals surface area contributed by atoms with Crippen molar-refractivity contribution in [1.29, 1.82) is 5.26 Å². The molecule has 0 bridgehead atoms. The maximum atomic E-state index is 12.9. The third-order valence-electron chi connectivity index (χ3n) is 4.71. The molecule has 0 saturated heterocycles. The molecule has 0 fully saturated rings. The van der Waals surface area contributed by atoms with Crippen LogP contribution in [0.3, 0.4) is 0 Å². The molecule has 0 aliphatic rings. The lowest BCUT2D eigenvalue weighted by Gasteiger charge is -2.09. The number of nitrogen functional groups attached to an aromatic ring is 2. The van der Waals surface area contributed by atoms with Crippen LogP contribution in [0.25, 0.3) is 21.5 Å². The smallest absolute Gasteiger partial charge is 0.435 e. The van der Waals surface area contributed by atoms with Crippen LogP contribution in [-0.4, -0.2) is 22.1 Å². The van der Waals surface area contributed by atoms with Gasteiger partial charge in [0.25, 0.3) is 5.91 Å². The maximum Gasteiger partial charge on any atom is 0.435 e. The van der Waals surface area contributed by atoms with Crippen molar-refractivity contribution in [1.82, 2.24) is 10.3 Å². The third kappa shape index (κ3) is 3.53. The van der Waals surface area contributed by atoms with E-state index in [1.165, 1.54) is 23.9 Å². The zero-order valence-corrected chi connectivity index (χ0v) is 18.1. The summed E-state index contributed by atoms with van der Waals surface area (Å²) in [4.78, 5) is 40.8. The van der Waals surface area contributed by atoms with Gasteiger partial charge in [-0.3, -0.25) is 9.32 Å². The summed E-state index contributed by atoms with van der Waals surface area (Å²) in [5.74, 6) is -2.36. The number of pyridine rings is 1. The lowest BCUT2D eigenvalue weighted by atomic mass is 10.0. The summed E-state index contributed by atoms with van der Waals surface area (Å²) in [6.45, 7) is 0. The molecule has 3 aromatic heterocycles. The highest BCUT2D eigenvalue weighted by Crippen LogP contribution is 2.41. The van der Waals surface area contributed by atoms with Crippen molar-refractivity contribution in [2.75, 3.05) is 16.8 Å². The van der Waals surface area contributed by atoms with Gasteiger partial charge in [-0.1, -0.05) is 16.3 Å². The number of halogens is 1. The molecule has 0 atom stereocenters. The molecular weight excluding hydrogens is 474 g/mol. The number of anilines is 3. The number of fused-ring (bicyclic) bond motifs is 1. The number of hydrogen-bond acceptors (Lipinski definition) is 10. The number of aromatic amines is 1. The normalized spacial score (nSPS) is 10.8. The van der Waals surface area contributed by atoms with Gasteiger partial charge in [-0.15, -0.1) is 11.3 Å². The summed E-state index contributed by atoms with van der Waals surface area (Å²) in [5, 5.41) is 25.8. The number of aryl methyl sites for hydroxylation is 1. The largest absolute Gasteiger partial charge is 0.545 e. The number of carbonyl (C=O) groups excluding carboxylic acids is 2. The topological polar surface area (TPSA) is 208 Å². The predicted molar refractivity (Wildman–Crippen MR) is 116 cm³/mol. The van der Waals surface area contributed by atoms with Crippen molar-refractivity contribution in [2.45, 2.75) is 0 Å². The number of thiophene rings is 1. The first-order chi connectivity index (χ1) is 15.6. The fourth-order valence-corrected chi connectivity index (χ4v) is 4.45. The fraction of sp³-hybridized carbons (Fsp3) is 0.0526. The van der Waals surface area contributed by atoms with Gasteiger partial charge < -0.3 is 26.7 Å². The average Bonchev–Trinajstić information content (AvgIpc) is 3.26. The Morgan fingerprint density at radius 1 is 1.39 bits per heavy atom. The quantitative estimate of drug-likeness (QED) is 0.294. The first-order valence-electron chi connectivity index (χ1n) is 8.95. The van der Waals surface area contributed by atoms with E-state index < -0.39 is 17.5 Å². The minimum Gasteiger partial charge on any atom is -0.545 e. The summed E-state index contributed by atoms with van der Waals surface area (Å²) in [6.07, 6.45) is 0. The Bertz CT molecular complexity index is 1580. The maximum absolute atomic E-state index is 12.9. The van der Waals surface area contributed by atoms with E-state index in [0.29, 0.717) is 0 Å². The second-order valence-corrected chi connectivity index (χ2v) is 8.11. The first-order valence-corrected chi connectivity index (χ1v) is 10.1. The molecule has 14 heteroatoms. The number of aromatic nitrogens is 3. The number of nitriles is 1. The van der Waals surface area contributed by atoms with E-state index in [9.17, 15) is 24.8 Å². The van der Waals surface area contributed by atoms with Crippen molar-refractivity contribution < 1.29 is 23.9 Å². The summed E-state index contributed by atoms with van der Waals surface area (Å²) in [5.41, 5.74) is 11.1. The van der Waals surface area contributed by atoms with E-state index in [4.69, 9.17) is 27.6 Å². The zero-order valence-electron chi connectivity index (χ0n) is 16.6. The highest BCUT2D eigenvalue weighted by atomic mass is 35.5. The van der Waals surface area contributed by atoms with Gasteiger partial charge in [0.05, 0.1) is 22.6 Å². The van der Waals surface area contributed by atoms with Gasteiger partial charge in [-0.05, 0) is 23.5 Å². The van der Waals surface area contributed by atoms with Crippen molar-refractivity contribution in [2.24, 2.45) is 7.05 Å². The Kier molecular flexibility index (Phi) is 5.24. The molecule has 0 aliphatic heterocycles. The first kappa shape index (κ1) is 21.8. The molecule has 12 nitrogen and oxygen atoms in total. The number of nitrogens with two attached hydrogens (primary N) is 2. The molecule has 0 aliphatic carbocycles. The highest BCUT2D eigenvalue weighted by Gasteiger charge is 2.32. The van der Waals surface area contributed by atoms with Crippen LogP contribution in [0.4, 0.5) is 17.2 Å². The Labute approximate surface area is 192 Å². The van der Waals surface area contributed by atoms with Crippen molar-refractivity contribution in [3.63, 3.8) is 0 Å². The Hall–Kier alpha value is -4.41. The van der Waals surface area contributed by atoms with E-state index >= 15 is 0 Å². The number of carboxylic acids is 1. The molecule has 1 amide bonds. The lowest BCUT2D eigenvalue weighted by Crippen LogP contribution is -2.34. The number of benzene rings is 1. The molecule has 4 aromatic rings. The standard InChI is InChI=1S/C19H12ClN7O5S/c1-27-13(19(31)32-26-27)10-8(5-21)15(23)25-17-11(10)12(22)14(33-17)16(28)24-6-2-3-9(20)7(4-6)18(29)30/h2-4H,1H3,(H6-,22,23,24,25,26,28,29,30,31). The minimum atomic E-state index is -1.51. The number of carboxylic acid groups (broad SMARTS) is 1. The summed E-state index contributed by atoms with van der Waals surface area (Å²) in [6, 6.07) is 5.74. The van der Waals surface area contributed by atoms with Gasteiger partial charge in [0.1, 0.15) is 27.2 Å². The molecule has 6 N–H and O–H groups in total. The van der Waals surface area contributed by atoms with Crippen LogP contribution in [0.5, 0.6) is 0 Å². The van der Waals surface area contributed by atoms with E-state index in [1.54, 1.807) is 0 Å². The molecule has 0 spiro atoms. The van der Waals surface area contributed by atoms with Crippen molar-refractivity contribution in [3.8, 4) is 17.3 Å². The van der Waals surface area contributed by atoms with Gasteiger partial charge in [0, 0.05) is 16.3 Å². The Balaban J connectivity index is 1.89. The number of rotatable bonds is 4. The van der Waals surface area contributed by atoms with E-state index in [-0.39, 0.29) is 59.7 Å². The zero-order chi connectivity index (χ0) is 24.0. The van der Waals surface area contributed by atoms with Gasteiger partial charge >= 0.3 is 11.3 Å². The highest BCUT2D eigenvalue weighted by molar-refractivity contribution is 7.21. The molecule has 33 heavy (non-hydrogen) atoms. The van der Waals surface area contributed by atoms with Crippen LogP contribution in [0.2, 0.25) is 5.02 Å². The number of aromatic carboxylic acids is 1. The monoisotopic (exact) mass is 485 g/mol. The predicted octanol–water partition coefficient (Wildman–Crippen LogP) is 0.374. The van der Waals surface area contributed by atoms with Crippen LogP contribution in [0.1, 0.15) is 25.6 Å². The second-order valence-electron chi connectivity index (χ2n) is 6.71. The SMILES string of the molecule is C[n+]1[nH]oc(=O)c1-c1c(C#N)c(N)nc2sc(C(=O)Nc3ccc(Cl)c(C(=O)[O-])c3)c(N)c12. The van der Waals surface area contributed by atoms with Gasteiger partial charge in [-0.25, -0.2) is 9.78 Å². The molecule has 0 saturated carbocycles. The molecule has 3 heterocycles. The number of hydrogen-bond donors (Lipinski definition) is 4. The van der Waals surface area contributed by atoms with Gasteiger partial charge in [0.2, 0.25) is 0 Å². The van der Waals surface area contributed by atoms with Gasteiger partial charge in [0.15, 0.2) is 7.05 Å². The molecule has 0 radical (unpaired) electrons. The summed E-state index contributed by atoms with van der Waals surface area (Å²) < 4.78 is 6.02. The summed E-state index contributed by atoms with van der Waals surface area (Å²) >= 11 is 6.70. The van der Waals surface area contributed by atoms with E-state index in [2.05, 4.69) is 15.6 Å². The summed E-state index contributed by atoms with van der Waals surface area (Å²) in [7, 11) is 1.48. The number of nitrogens with zero attached hydrogens (tertiary/aromatic N) is 3. The lowest BCUT2D eigenvalue weighted by molar-refractivity contribution is -0.730. The van der Waals surface area contributed by atoms with Crippen LogP contribution >= 0.6 is 22.9 Å². The molecule has 166 valence electrons. The Morgan fingerprint density at radius 3 is 2.73 bits per heavy atom. The van der Waals surface area contributed by atoms with Crippen LogP contribution < -0.4 is 32.2 Å². The minimum absolute atomic E-state index is 0.000710. The van der Waals surface area contributed by atoms with Crippen molar-refractivity contribution >= 4 is 62.2 Å². The third-order valence-corrected chi connectivity index (χ3v) is 6.14. The van der Waals surface area contributed by atoms with Gasteiger partial charge in [-0.2, -0.15) is 5.26 Å². The molecular formula is C19H12ClN7O5S. The average molecular weight is 486 g/mol. The molecule has 0 unspecified atom stereocenters. The van der Waals surface area contributed by atoms with E-state index in [0.717, 1.165) is 17.4 Å². The molecule has 4 rings (SSSR count). The van der Waals surface area contributed by atoms with Crippen molar-refractivity contribution in [3.05, 3.63) is 49.6 Å². The number of carbonyl (C=O) groups is 2. The second kappa shape index (κ2) is 7.93. The van der Waals surface area contributed by atoms with E-state index in [1.807, 2.05) is 6.07 Å². The van der Waals surface area contributed by atoms with Crippen LogP contribution in [-0.2, 0) is 7.05 Å². The van der Waals surface area contributed by atoms with Crippen LogP contribution in [0.15, 0.2) is 27.5 Å². The Morgan fingerprint density at radius 2 is 2.12 bits per heavy atom. The molecule has 1 aromatic carbocycles.